The van der Waals surface area contributed by atoms with Crippen LogP contribution in [-0.2, 0) is 6.42 Å². The second-order valence-corrected chi connectivity index (χ2v) is 6.20. The normalized spacial score (nSPS) is 34.8. The van der Waals surface area contributed by atoms with Gasteiger partial charge in [-0.15, -0.1) is 0 Å². The molecule has 2 N–H and O–H groups in total. The van der Waals surface area contributed by atoms with Gasteiger partial charge in [0.2, 0.25) is 0 Å². The largest absolute Gasteiger partial charge is 0.330 e. The molecule has 0 spiro atoms. The molecule has 92 valence electrons. The Morgan fingerprint density at radius 1 is 1.35 bits per heavy atom. The van der Waals surface area contributed by atoms with Crippen LogP contribution in [0.15, 0.2) is 18.2 Å². The zero-order chi connectivity index (χ0) is 12.0. The molecular formula is C14H17ClFN. The number of hydrogen-bond acceptors (Lipinski definition) is 1. The second kappa shape index (κ2) is 3.96. The third-order valence-electron chi connectivity index (χ3n) is 4.46. The summed E-state index contributed by atoms with van der Waals surface area (Å²) < 4.78 is 13.1. The van der Waals surface area contributed by atoms with Crippen LogP contribution < -0.4 is 5.73 Å². The minimum absolute atomic E-state index is 0.220. The Morgan fingerprint density at radius 2 is 2.06 bits per heavy atom. The monoisotopic (exact) mass is 253 g/mol. The van der Waals surface area contributed by atoms with Crippen LogP contribution in [0.2, 0.25) is 5.02 Å². The summed E-state index contributed by atoms with van der Waals surface area (Å²) in [7, 11) is 0. The van der Waals surface area contributed by atoms with E-state index in [4.69, 9.17) is 17.3 Å². The van der Waals surface area contributed by atoms with Crippen molar-refractivity contribution in [2.45, 2.75) is 25.7 Å². The molecule has 2 atom stereocenters. The third kappa shape index (κ3) is 2.09. The van der Waals surface area contributed by atoms with Crippen molar-refractivity contribution in [3.63, 3.8) is 0 Å². The predicted molar refractivity (Wildman–Crippen MR) is 67.4 cm³/mol. The van der Waals surface area contributed by atoms with E-state index >= 15 is 0 Å². The Labute approximate surface area is 106 Å². The summed E-state index contributed by atoms with van der Waals surface area (Å²) in [6.07, 6.45) is 4.81. The summed E-state index contributed by atoms with van der Waals surface area (Å²) in [6.45, 7) is 0.731. The number of halogens is 2. The average Bonchev–Trinajstić information content (AvgIpc) is 2.93. The lowest BCUT2D eigenvalue weighted by Gasteiger charge is -2.29. The lowest BCUT2D eigenvalue weighted by Crippen LogP contribution is -2.31. The van der Waals surface area contributed by atoms with Gasteiger partial charge in [-0.3, -0.25) is 0 Å². The molecule has 0 heterocycles. The fraction of sp³-hybridized carbons (Fsp3) is 0.571. The fourth-order valence-electron chi connectivity index (χ4n) is 3.47. The Morgan fingerprint density at radius 3 is 2.65 bits per heavy atom. The Kier molecular flexibility index (Phi) is 2.68. The van der Waals surface area contributed by atoms with Gasteiger partial charge in [0, 0.05) is 0 Å². The molecule has 17 heavy (non-hydrogen) atoms. The Balaban J connectivity index is 1.78. The zero-order valence-electron chi connectivity index (χ0n) is 9.76. The molecule has 0 amide bonds. The average molecular weight is 254 g/mol. The molecule has 1 aromatic carbocycles. The third-order valence-corrected chi connectivity index (χ3v) is 4.75. The molecule has 0 saturated heterocycles. The maximum absolute atomic E-state index is 13.1. The summed E-state index contributed by atoms with van der Waals surface area (Å²) in [4.78, 5) is 0. The minimum Gasteiger partial charge on any atom is -0.330 e. The van der Waals surface area contributed by atoms with Crippen molar-refractivity contribution in [2.75, 3.05) is 6.54 Å². The van der Waals surface area contributed by atoms with Crippen LogP contribution in [0, 0.1) is 23.1 Å². The summed E-state index contributed by atoms with van der Waals surface area (Å²) in [6, 6.07) is 5.04. The van der Waals surface area contributed by atoms with Gasteiger partial charge >= 0.3 is 0 Å². The van der Waals surface area contributed by atoms with E-state index in [0.29, 0.717) is 0 Å². The predicted octanol–water partition coefficient (Wildman–Crippen LogP) is 3.40. The number of nitrogens with two attached hydrogens (primary N) is 1. The van der Waals surface area contributed by atoms with E-state index in [1.54, 1.807) is 6.07 Å². The van der Waals surface area contributed by atoms with Gasteiger partial charge in [0.25, 0.3) is 0 Å². The van der Waals surface area contributed by atoms with Crippen molar-refractivity contribution in [1.82, 2.24) is 0 Å². The topological polar surface area (TPSA) is 26.0 Å². The van der Waals surface area contributed by atoms with Gasteiger partial charge in [0.15, 0.2) is 0 Å². The van der Waals surface area contributed by atoms with Crippen LogP contribution in [0.4, 0.5) is 4.39 Å². The fourth-order valence-corrected chi connectivity index (χ4v) is 3.67. The van der Waals surface area contributed by atoms with Crippen LogP contribution >= 0.6 is 11.6 Å². The summed E-state index contributed by atoms with van der Waals surface area (Å²) in [5, 5.41) is 0.220. The Bertz CT molecular complexity index is 436. The molecule has 0 aromatic heterocycles. The van der Waals surface area contributed by atoms with E-state index in [1.165, 1.54) is 25.3 Å². The van der Waals surface area contributed by atoms with Gasteiger partial charge in [-0.05, 0) is 67.2 Å². The highest BCUT2D eigenvalue weighted by Crippen LogP contribution is 2.60. The van der Waals surface area contributed by atoms with Gasteiger partial charge in [-0.1, -0.05) is 17.7 Å². The first-order valence-electron chi connectivity index (χ1n) is 6.26. The molecule has 1 aromatic rings. The molecule has 3 heteroatoms. The highest BCUT2D eigenvalue weighted by atomic mass is 35.5. The number of fused-ring (bicyclic) bond motifs is 1. The smallest absolute Gasteiger partial charge is 0.141 e. The maximum atomic E-state index is 13.1. The first-order chi connectivity index (χ1) is 8.12. The first kappa shape index (κ1) is 11.5. The molecule has 2 saturated carbocycles. The van der Waals surface area contributed by atoms with Gasteiger partial charge in [-0.2, -0.15) is 0 Å². The molecule has 2 unspecified atom stereocenters. The number of benzene rings is 1. The molecule has 2 fully saturated rings. The van der Waals surface area contributed by atoms with Crippen molar-refractivity contribution in [3.05, 3.63) is 34.6 Å². The molecule has 0 radical (unpaired) electrons. The van der Waals surface area contributed by atoms with Gasteiger partial charge in [0.1, 0.15) is 5.82 Å². The van der Waals surface area contributed by atoms with Crippen LogP contribution in [0.3, 0.4) is 0 Å². The lowest BCUT2D eigenvalue weighted by atomic mass is 9.77. The van der Waals surface area contributed by atoms with Gasteiger partial charge < -0.3 is 5.73 Å². The highest BCUT2D eigenvalue weighted by molar-refractivity contribution is 6.30. The van der Waals surface area contributed by atoms with E-state index in [0.717, 1.165) is 30.4 Å². The van der Waals surface area contributed by atoms with Crippen molar-refractivity contribution >= 4 is 11.6 Å². The molecule has 3 rings (SSSR count). The Hall–Kier alpha value is -0.600. The minimum atomic E-state index is -0.341. The van der Waals surface area contributed by atoms with Crippen LogP contribution in [0.1, 0.15) is 24.8 Å². The van der Waals surface area contributed by atoms with Crippen molar-refractivity contribution in [2.24, 2.45) is 23.0 Å². The molecule has 0 bridgehead atoms. The van der Waals surface area contributed by atoms with E-state index in [1.807, 2.05) is 6.07 Å². The summed E-state index contributed by atoms with van der Waals surface area (Å²) in [5.41, 5.74) is 7.32. The van der Waals surface area contributed by atoms with Crippen LogP contribution in [0.5, 0.6) is 0 Å². The summed E-state index contributed by atoms with van der Waals surface area (Å²) in [5.74, 6) is 1.48. The van der Waals surface area contributed by atoms with E-state index in [-0.39, 0.29) is 16.3 Å². The van der Waals surface area contributed by atoms with E-state index in [2.05, 4.69) is 0 Å². The second-order valence-electron chi connectivity index (χ2n) is 5.79. The van der Waals surface area contributed by atoms with Crippen molar-refractivity contribution in [3.8, 4) is 0 Å². The quantitative estimate of drug-likeness (QED) is 0.878. The molecular weight excluding hydrogens is 237 g/mol. The lowest BCUT2D eigenvalue weighted by molar-refractivity contribution is 0.273. The van der Waals surface area contributed by atoms with Crippen LogP contribution in [0.25, 0.3) is 0 Å². The zero-order valence-corrected chi connectivity index (χ0v) is 10.5. The van der Waals surface area contributed by atoms with Crippen molar-refractivity contribution in [1.29, 1.82) is 0 Å². The molecule has 1 nitrogen and oxygen atoms in total. The van der Waals surface area contributed by atoms with Crippen molar-refractivity contribution < 1.29 is 4.39 Å². The van der Waals surface area contributed by atoms with E-state index < -0.39 is 0 Å². The van der Waals surface area contributed by atoms with Crippen LogP contribution in [-0.4, -0.2) is 6.54 Å². The molecule has 2 aliphatic rings. The number of hydrogen-bond donors (Lipinski definition) is 1. The highest BCUT2D eigenvalue weighted by Gasteiger charge is 2.52. The SMILES string of the molecule is NCC1(Cc2ccc(F)c(Cl)c2)CC2CC2C1. The first-order valence-corrected chi connectivity index (χ1v) is 6.64. The van der Waals surface area contributed by atoms with Gasteiger partial charge in [0.05, 0.1) is 5.02 Å². The summed E-state index contributed by atoms with van der Waals surface area (Å²) >= 11 is 5.82. The van der Waals surface area contributed by atoms with E-state index in [9.17, 15) is 4.39 Å². The number of rotatable bonds is 3. The van der Waals surface area contributed by atoms with Gasteiger partial charge in [-0.25, -0.2) is 4.39 Å². The maximum Gasteiger partial charge on any atom is 0.141 e. The molecule has 2 aliphatic carbocycles. The standard InChI is InChI=1S/C14H17ClFN/c15-12-3-9(1-2-13(12)16)5-14(8-17)6-10-4-11(10)7-14/h1-3,10-11H,4-8,17H2. The molecule has 0 aliphatic heterocycles.